The molecule has 1 heterocycles. The molecule has 0 aromatic rings. The van der Waals surface area contributed by atoms with E-state index >= 15 is 0 Å². The number of aliphatic hydroxyl groups is 4. The molecule has 9 nitrogen and oxygen atoms in total. The van der Waals surface area contributed by atoms with Gasteiger partial charge < -0.3 is 39.4 Å². The fourth-order valence-corrected chi connectivity index (χ4v) is 7.86. The lowest BCUT2D eigenvalue weighted by atomic mass is 9.99. The monoisotopic (exact) mass is 865 g/mol. The van der Waals surface area contributed by atoms with Crippen molar-refractivity contribution in [2.75, 3.05) is 26.4 Å². The molecular weight excluding hydrogens is 769 g/mol. The Labute approximate surface area is 374 Å². The van der Waals surface area contributed by atoms with Crippen LogP contribution < -0.4 is 0 Å². The van der Waals surface area contributed by atoms with Gasteiger partial charge in [0, 0.05) is 13.0 Å². The van der Waals surface area contributed by atoms with Crippen molar-refractivity contribution in [2.24, 2.45) is 0 Å². The minimum Gasteiger partial charge on any atom is -0.457 e. The van der Waals surface area contributed by atoms with Gasteiger partial charge in [0.1, 0.15) is 30.5 Å². The van der Waals surface area contributed by atoms with Crippen molar-refractivity contribution < 1.29 is 44.2 Å². The smallest absolute Gasteiger partial charge is 0.306 e. The van der Waals surface area contributed by atoms with Gasteiger partial charge in [-0.15, -0.1) is 0 Å². The highest BCUT2D eigenvalue weighted by Gasteiger charge is 2.44. The number of ether oxygens (including phenoxy) is 4. The quantitative estimate of drug-likeness (QED) is 0.0268. The molecule has 1 rings (SSSR count). The molecule has 1 fully saturated rings. The summed E-state index contributed by atoms with van der Waals surface area (Å²) in [6.45, 7) is 4.48. The first-order valence-electron chi connectivity index (χ1n) is 25.6. The number of rotatable bonds is 44. The molecule has 4 N–H and O–H groups in total. The lowest BCUT2D eigenvalue weighted by Gasteiger charge is -2.39. The van der Waals surface area contributed by atoms with E-state index in [4.69, 9.17) is 18.9 Å². The van der Waals surface area contributed by atoms with Gasteiger partial charge in [0.05, 0.1) is 19.8 Å². The molecule has 9 heteroatoms. The van der Waals surface area contributed by atoms with Crippen molar-refractivity contribution >= 4 is 5.97 Å². The molecule has 0 radical (unpaired) electrons. The Morgan fingerprint density at radius 3 is 1.51 bits per heavy atom. The molecule has 0 bridgehead atoms. The zero-order chi connectivity index (χ0) is 44.3. The average Bonchev–Trinajstić information content (AvgIpc) is 3.26. The number of esters is 1. The third kappa shape index (κ3) is 34.5. The van der Waals surface area contributed by atoms with Gasteiger partial charge in [0.2, 0.25) is 0 Å². The Morgan fingerprint density at radius 1 is 0.541 bits per heavy atom. The van der Waals surface area contributed by atoms with E-state index in [1.54, 1.807) is 0 Å². The minimum atomic E-state index is -1.54. The largest absolute Gasteiger partial charge is 0.457 e. The second-order valence-electron chi connectivity index (χ2n) is 17.6. The Hall–Kier alpha value is -1.59. The summed E-state index contributed by atoms with van der Waals surface area (Å²) in [4.78, 5) is 12.8. The molecule has 0 amide bonds. The van der Waals surface area contributed by atoms with Gasteiger partial charge in [0.25, 0.3) is 0 Å². The van der Waals surface area contributed by atoms with Crippen LogP contribution in [-0.2, 0) is 23.7 Å². The first-order valence-corrected chi connectivity index (χ1v) is 25.6. The Balaban J connectivity index is 2.19. The summed E-state index contributed by atoms with van der Waals surface area (Å²) >= 11 is 0. The van der Waals surface area contributed by atoms with Crippen molar-refractivity contribution in [3.63, 3.8) is 0 Å². The van der Waals surface area contributed by atoms with Gasteiger partial charge in [-0.3, -0.25) is 4.79 Å². The van der Waals surface area contributed by atoms with Gasteiger partial charge in [-0.25, -0.2) is 0 Å². The van der Waals surface area contributed by atoms with E-state index < -0.39 is 43.4 Å². The molecule has 0 saturated carbocycles. The lowest BCUT2D eigenvalue weighted by molar-refractivity contribution is -0.305. The number of aliphatic hydroxyl groups excluding tert-OH is 4. The molecule has 6 atom stereocenters. The lowest BCUT2D eigenvalue weighted by Crippen LogP contribution is -2.59. The maximum absolute atomic E-state index is 12.8. The number of unbranched alkanes of at least 4 members (excludes halogenated alkanes) is 27. The Kier molecular flexibility index (Phi) is 41.1. The number of hydrogen-bond acceptors (Lipinski definition) is 9. The molecule has 1 aliphatic rings. The van der Waals surface area contributed by atoms with Crippen LogP contribution in [0.1, 0.15) is 226 Å². The van der Waals surface area contributed by atoms with Gasteiger partial charge in [0.15, 0.2) is 6.29 Å². The van der Waals surface area contributed by atoms with E-state index in [0.717, 1.165) is 64.2 Å². The minimum absolute atomic E-state index is 0.115. The highest BCUT2D eigenvalue weighted by molar-refractivity contribution is 5.69. The molecule has 61 heavy (non-hydrogen) atoms. The Morgan fingerprint density at radius 2 is 1.00 bits per heavy atom. The van der Waals surface area contributed by atoms with Crippen LogP contribution in [0.15, 0.2) is 36.5 Å². The summed E-state index contributed by atoms with van der Waals surface area (Å²) < 4.78 is 22.9. The molecule has 358 valence electrons. The second kappa shape index (κ2) is 43.7. The van der Waals surface area contributed by atoms with Gasteiger partial charge in [-0.2, -0.15) is 0 Å². The summed E-state index contributed by atoms with van der Waals surface area (Å²) in [6, 6.07) is 0. The van der Waals surface area contributed by atoms with Crippen LogP contribution in [0.4, 0.5) is 0 Å². The van der Waals surface area contributed by atoms with Crippen molar-refractivity contribution in [1.29, 1.82) is 0 Å². The summed E-state index contributed by atoms with van der Waals surface area (Å²) in [5.74, 6) is -0.320. The van der Waals surface area contributed by atoms with Gasteiger partial charge >= 0.3 is 5.97 Å². The summed E-state index contributed by atoms with van der Waals surface area (Å²) in [7, 11) is 0. The topological polar surface area (TPSA) is 135 Å². The molecule has 0 aromatic carbocycles. The molecule has 1 aliphatic heterocycles. The Bertz CT molecular complexity index is 1030. The molecular formula is C52H96O9. The predicted octanol–water partition coefficient (Wildman–Crippen LogP) is 12.3. The highest BCUT2D eigenvalue weighted by atomic mass is 16.7. The van der Waals surface area contributed by atoms with Crippen LogP contribution >= 0.6 is 0 Å². The van der Waals surface area contributed by atoms with E-state index in [2.05, 4.69) is 50.3 Å². The van der Waals surface area contributed by atoms with Crippen LogP contribution in [0.5, 0.6) is 0 Å². The number of carbonyl (C=O) groups excluding carboxylic acids is 1. The maximum atomic E-state index is 12.8. The molecule has 0 spiro atoms. The molecule has 6 unspecified atom stereocenters. The molecule has 1 saturated heterocycles. The van der Waals surface area contributed by atoms with Gasteiger partial charge in [-0.05, 0) is 44.9 Å². The third-order valence-corrected chi connectivity index (χ3v) is 11.8. The fourth-order valence-electron chi connectivity index (χ4n) is 7.86. The summed E-state index contributed by atoms with van der Waals surface area (Å²) in [5.41, 5.74) is 0. The van der Waals surface area contributed by atoms with Crippen LogP contribution in [0.25, 0.3) is 0 Å². The van der Waals surface area contributed by atoms with E-state index in [1.807, 2.05) is 0 Å². The van der Waals surface area contributed by atoms with E-state index in [9.17, 15) is 25.2 Å². The fraction of sp³-hybridized carbons (Fsp3) is 0.865. The number of carbonyl (C=O) groups is 1. The van der Waals surface area contributed by atoms with Crippen molar-refractivity contribution in [3.8, 4) is 0 Å². The number of hydrogen-bond donors (Lipinski definition) is 4. The highest BCUT2D eigenvalue weighted by Crippen LogP contribution is 2.23. The standard InChI is InChI=1S/C52H96O9/c1-3-5-7-9-11-13-15-17-19-21-22-23-24-26-28-30-32-34-36-38-40-42-58-44-46(45-59-52-51(57)50(56)49(55)47(43-53)61-52)60-48(54)41-39-37-35-33-31-29-27-25-20-18-16-14-12-10-8-6-4-2/h6,8,12,14,18,20,46-47,49-53,55-57H,3-5,7,9-11,13,15-17,19,21-45H2,1-2H3/b8-6-,14-12-,20-18-. The summed E-state index contributed by atoms with van der Waals surface area (Å²) in [5, 5.41) is 40.2. The maximum Gasteiger partial charge on any atom is 0.306 e. The number of allylic oxidation sites excluding steroid dienone is 6. The van der Waals surface area contributed by atoms with E-state index in [1.165, 1.54) is 141 Å². The first kappa shape index (κ1) is 57.4. The second-order valence-corrected chi connectivity index (χ2v) is 17.6. The van der Waals surface area contributed by atoms with E-state index in [0.29, 0.717) is 13.0 Å². The SMILES string of the molecule is CC/C=C\C/C=C\C/C=C\CCCCCCCCCC(=O)OC(COCCCCCCCCCCCCCCCCCCCCCCC)COC1OC(CO)C(O)C(O)C1O. The predicted molar refractivity (Wildman–Crippen MR) is 252 cm³/mol. The molecule has 0 aromatic heterocycles. The molecule has 0 aliphatic carbocycles. The van der Waals surface area contributed by atoms with Crippen molar-refractivity contribution in [1.82, 2.24) is 0 Å². The third-order valence-electron chi connectivity index (χ3n) is 11.8. The zero-order valence-corrected chi connectivity index (χ0v) is 39.4. The van der Waals surface area contributed by atoms with Crippen LogP contribution in [-0.4, -0.2) is 89.6 Å². The normalized spacial score (nSPS) is 20.1. The van der Waals surface area contributed by atoms with Gasteiger partial charge in [-0.1, -0.05) is 211 Å². The first-order chi connectivity index (χ1) is 29.9. The zero-order valence-electron chi connectivity index (χ0n) is 39.4. The van der Waals surface area contributed by atoms with Crippen LogP contribution in [0, 0.1) is 0 Å². The average molecular weight is 865 g/mol. The van der Waals surface area contributed by atoms with Crippen LogP contribution in [0.2, 0.25) is 0 Å². The van der Waals surface area contributed by atoms with E-state index in [-0.39, 0.29) is 19.2 Å². The van der Waals surface area contributed by atoms with Crippen molar-refractivity contribution in [3.05, 3.63) is 36.5 Å². The van der Waals surface area contributed by atoms with Crippen LogP contribution in [0.3, 0.4) is 0 Å². The summed E-state index contributed by atoms with van der Waals surface area (Å²) in [6.07, 6.45) is 46.1. The van der Waals surface area contributed by atoms with Crippen molar-refractivity contribution in [2.45, 2.75) is 263 Å².